The number of thioether (sulfide) groups is 1. The molecule has 0 aliphatic carbocycles. The number of aliphatic carboxylic acids is 2. The fourth-order valence-corrected chi connectivity index (χ4v) is 5.66. The number of nitrogens with one attached hydrogen (secondary N) is 1. The Kier molecular flexibility index (Phi) is 7.89. The molecule has 9 heteroatoms. The monoisotopic (exact) mass is 448 g/mol. The van der Waals surface area contributed by atoms with E-state index in [1.165, 1.54) is 4.90 Å². The Morgan fingerprint density at radius 3 is 2.57 bits per heavy atom. The second-order valence-electron chi connectivity index (χ2n) is 7.08. The highest BCUT2D eigenvalue weighted by atomic mass is 32.2. The van der Waals surface area contributed by atoms with Gasteiger partial charge in [0, 0.05) is 17.2 Å². The number of carbonyl (C=O) groups excluding carboxylic acids is 1. The molecule has 160 valence electrons. The van der Waals surface area contributed by atoms with E-state index in [0.29, 0.717) is 18.6 Å². The summed E-state index contributed by atoms with van der Waals surface area (Å²) in [7, 11) is 0. The van der Waals surface area contributed by atoms with E-state index in [9.17, 15) is 24.6 Å². The molecule has 3 rings (SSSR count). The lowest BCUT2D eigenvalue weighted by atomic mass is 10.0. The van der Waals surface area contributed by atoms with Crippen LogP contribution in [0.5, 0.6) is 0 Å². The lowest BCUT2D eigenvalue weighted by Gasteiger charge is -2.26. The molecule has 1 amide bonds. The molecule has 3 atom stereocenters. The Morgan fingerprint density at radius 1 is 1.17 bits per heavy atom. The molecule has 1 aliphatic heterocycles. The second kappa shape index (κ2) is 10.6. The number of hydrogen-bond donors (Lipinski definition) is 3. The van der Waals surface area contributed by atoms with Crippen molar-refractivity contribution in [2.24, 2.45) is 0 Å². The molecule has 3 N–H and O–H groups in total. The molecule has 1 fully saturated rings. The molecule has 30 heavy (non-hydrogen) atoms. The van der Waals surface area contributed by atoms with E-state index in [1.807, 2.05) is 47.8 Å². The van der Waals surface area contributed by atoms with Gasteiger partial charge in [0.25, 0.3) is 0 Å². The van der Waals surface area contributed by atoms with Crippen LogP contribution in [0.1, 0.15) is 22.1 Å². The van der Waals surface area contributed by atoms with Crippen molar-refractivity contribution in [3.05, 3.63) is 58.3 Å². The summed E-state index contributed by atoms with van der Waals surface area (Å²) < 4.78 is 0. The van der Waals surface area contributed by atoms with Gasteiger partial charge in [0.15, 0.2) is 0 Å². The summed E-state index contributed by atoms with van der Waals surface area (Å²) >= 11 is 3.12. The van der Waals surface area contributed by atoms with Crippen molar-refractivity contribution in [3.8, 4) is 0 Å². The number of aryl methyl sites for hydroxylation is 1. The summed E-state index contributed by atoms with van der Waals surface area (Å²) in [4.78, 5) is 38.5. The normalized spacial score (nSPS) is 20.5. The maximum atomic E-state index is 13.0. The van der Waals surface area contributed by atoms with Crippen LogP contribution in [0.15, 0.2) is 47.8 Å². The van der Waals surface area contributed by atoms with Crippen molar-refractivity contribution in [2.45, 2.75) is 30.2 Å². The Labute approximate surface area is 183 Å². The molecule has 0 radical (unpaired) electrons. The molecule has 1 unspecified atom stereocenters. The third kappa shape index (κ3) is 6.07. The van der Waals surface area contributed by atoms with Gasteiger partial charge in [0.2, 0.25) is 5.91 Å². The number of carbonyl (C=O) groups is 3. The molecule has 2 aromatic rings. The maximum absolute atomic E-state index is 13.0. The fourth-order valence-electron chi connectivity index (χ4n) is 3.40. The third-order valence-electron chi connectivity index (χ3n) is 4.91. The van der Waals surface area contributed by atoms with Gasteiger partial charge in [-0.1, -0.05) is 36.4 Å². The van der Waals surface area contributed by atoms with Crippen LogP contribution < -0.4 is 5.32 Å². The number of carboxylic acids is 2. The summed E-state index contributed by atoms with van der Waals surface area (Å²) in [5.41, 5.74) is 1.03. The molecule has 1 aromatic heterocycles. The SMILES string of the molecule is O=C(O)CN1C[C@@H](c2cccs2)SCC(N[C@@H](CCc2ccccc2)C(=O)O)C1=O. The minimum absolute atomic E-state index is 0.0345. The highest BCUT2D eigenvalue weighted by molar-refractivity contribution is 7.99. The van der Waals surface area contributed by atoms with E-state index in [2.05, 4.69) is 5.32 Å². The minimum Gasteiger partial charge on any atom is -0.480 e. The van der Waals surface area contributed by atoms with Gasteiger partial charge >= 0.3 is 11.9 Å². The molecule has 0 spiro atoms. The van der Waals surface area contributed by atoms with Crippen LogP contribution in [0.2, 0.25) is 0 Å². The summed E-state index contributed by atoms with van der Waals surface area (Å²) in [6, 6.07) is 11.8. The van der Waals surface area contributed by atoms with Gasteiger partial charge in [0.1, 0.15) is 12.6 Å². The Balaban J connectivity index is 1.72. The maximum Gasteiger partial charge on any atom is 0.323 e. The molecule has 2 heterocycles. The van der Waals surface area contributed by atoms with Crippen LogP contribution in [-0.2, 0) is 20.8 Å². The first-order valence-electron chi connectivity index (χ1n) is 9.62. The van der Waals surface area contributed by atoms with Gasteiger partial charge < -0.3 is 15.1 Å². The Morgan fingerprint density at radius 2 is 1.93 bits per heavy atom. The number of thiophene rings is 1. The molecular formula is C21H24N2O5S2. The third-order valence-corrected chi connectivity index (χ3v) is 7.38. The zero-order valence-corrected chi connectivity index (χ0v) is 17.9. The molecule has 1 saturated heterocycles. The van der Waals surface area contributed by atoms with E-state index in [1.54, 1.807) is 23.1 Å². The summed E-state index contributed by atoms with van der Waals surface area (Å²) in [5.74, 6) is -2.09. The van der Waals surface area contributed by atoms with Crippen molar-refractivity contribution in [1.82, 2.24) is 10.2 Å². The molecule has 1 aromatic carbocycles. The first kappa shape index (κ1) is 22.3. The number of hydrogen-bond acceptors (Lipinski definition) is 6. The molecule has 0 bridgehead atoms. The summed E-state index contributed by atoms with van der Waals surface area (Å²) in [6.07, 6.45) is 0.899. The van der Waals surface area contributed by atoms with E-state index >= 15 is 0 Å². The highest BCUT2D eigenvalue weighted by Gasteiger charge is 2.35. The average Bonchev–Trinajstić information content (AvgIpc) is 3.21. The largest absolute Gasteiger partial charge is 0.480 e. The molecule has 7 nitrogen and oxygen atoms in total. The van der Waals surface area contributed by atoms with E-state index in [-0.39, 0.29) is 17.7 Å². The van der Waals surface area contributed by atoms with Gasteiger partial charge in [-0.2, -0.15) is 0 Å². The predicted molar refractivity (Wildman–Crippen MR) is 117 cm³/mol. The van der Waals surface area contributed by atoms with Crippen molar-refractivity contribution < 1.29 is 24.6 Å². The summed E-state index contributed by atoms with van der Waals surface area (Å²) in [6.45, 7) is -0.114. The zero-order chi connectivity index (χ0) is 21.5. The average molecular weight is 449 g/mol. The molecule has 0 saturated carbocycles. The van der Waals surface area contributed by atoms with Crippen LogP contribution in [0.4, 0.5) is 0 Å². The van der Waals surface area contributed by atoms with Gasteiger partial charge in [-0.3, -0.25) is 19.7 Å². The first-order chi connectivity index (χ1) is 14.4. The van der Waals surface area contributed by atoms with Gasteiger partial charge in [-0.25, -0.2) is 0 Å². The van der Waals surface area contributed by atoms with Crippen LogP contribution >= 0.6 is 23.1 Å². The quantitative estimate of drug-likeness (QED) is 0.541. The van der Waals surface area contributed by atoms with Crippen molar-refractivity contribution >= 4 is 40.9 Å². The van der Waals surface area contributed by atoms with E-state index < -0.39 is 30.6 Å². The highest BCUT2D eigenvalue weighted by Crippen LogP contribution is 2.35. The second-order valence-corrected chi connectivity index (χ2v) is 9.30. The number of nitrogens with zero attached hydrogens (tertiary/aromatic N) is 1. The smallest absolute Gasteiger partial charge is 0.323 e. The standard InChI is InChI=1S/C21H24N2O5S2/c24-19(25)12-23-11-18(17-7-4-10-29-17)30-13-16(20(23)26)22-15(21(27)28)9-8-14-5-2-1-3-6-14/h1-7,10,15-16,18,22H,8-9,11-13H2,(H,24,25)(H,27,28)/t15-,16?,18-/m0/s1. The number of benzene rings is 1. The Bertz CT molecular complexity index is 860. The number of carboxylic acid groups (broad SMARTS) is 2. The van der Waals surface area contributed by atoms with Gasteiger partial charge in [-0.15, -0.1) is 23.1 Å². The van der Waals surface area contributed by atoms with Crippen LogP contribution in [0.25, 0.3) is 0 Å². The fraction of sp³-hybridized carbons (Fsp3) is 0.381. The number of rotatable bonds is 9. The van der Waals surface area contributed by atoms with Crippen LogP contribution in [0, 0.1) is 0 Å². The number of amides is 1. The van der Waals surface area contributed by atoms with Crippen LogP contribution in [0.3, 0.4) is 0 Å². The lowest BCUT2D eigenvalue weighted by Crippen LogP contribution is -2.53. The Hall–Kier alpha value is -2.36. The van der Waals surface area contributed by atoms with Crippen molar-refractivity contribution in [2.75, 3.05) is 18.8 Å². The first-order valence-corrected chi connectivity index (χ1v) is 11.5. The molecule has 1 aliphatic rings. The lowest BCUT2D eigenvalue weighted by molar-refractivity contribution is -0.146. The topological polar surface area (TPSA) is 107 Å². The van der Waals surface area contributed by atoms with Gasteiger partial charge in [-0.05, 0) is 29.9 Å². The van der Waals surface area contributed by atoms with Crippen molar-refractivity contribution in [3.63, 3.8) is 0 Å². The van der Waals surface area contributed by atoms with E-state index in [0.717, 1.165) is 10.4 Å². The van der Waals surface area contributed by atoms with Crippen molar-refractivity contribution in [1.29, 1.82) is 0 Å². The zero-order valence-electron chi connectivity index (χ0n) is 16.3. The predicted octanol–water partition coefficient (Wildman–Crippen LogP) is 2.49. The van der Waals surface area contributed by atoms with E-state index in [4.69, 9.17) is 0 Å². The summed E-state index contributed by atoms with van der Waals surface area (Å²) in [5, 5.41) is 23.8. The molecular weight excluding hydrogens is 424 g/mol. The van der Waals surface area contributed by atoms with Crippen LogP contribution in [-0.4, -0.2) is 63.9 Å². The minimum atomic E-state index is -1.09. The van der Waals surface area contributed by atoms with Gasteiger partial charge in [0.05, 0.1) is 11.3 Å².